The van der Waals surface area contributed by atoms with Crippen molar-refractivity contribution in [3.8, 4) is 0 Å². The summed E-state index contributed by atoms with van der Waals surface area (Å²) in [6.07, 6.45) is 5.25. The third kappa shape index (κ3) is 1.61. The first kappa shape index (κ1) is 10.2. The number of hydrogen-bond acceptors (Lipinski definition) is 2. The van der Waals surface area contributed by atoms with Gasteiger partial charge >= 0.3 is 0 Å². The van der Waals surface area contributed by atoms with Crippen molar-refractivity contribution in [2.75, 3.05) is 18.0 Å². The zero-order valence-electron chi connectivity index (χ0n) is 9.73. The molecular formula is C14H20N2. The molecule has 1 saturated heterocycles. The van der Waals surface area contributed by atoms with Crippen LogP contribution >= 0.6 is 0 Å². The third-order valence-electron chi connectivity index (χ3n) is 4.12. The molecule has 1 aliphatic heterocycles. The minimum atomic E-state index is 0.749. The van der Waals surface area contributed by atoms with Crippen LogP contribution in [0.3, 0.4) is 0 Å². The summed E-state index contributed by atoms with van der Waals surface area (Å²) in [7, 11) is 0. The number of anilines is 1. The number of fused-ring (bicyclic) bond motifs is 2. The van der Waals surface area contributed by atoms with Gasteiger partial charge in [-0.1, -0.05) is 18.2 Å². The Morgan fingerprint density at radius 1 is 1.25 bits per heavy atom. The van der Waals surface area contributed by atoms with Crippen molar-refractivity contribution >= 4 is 5.69 Å². The fourth-order valence-electron chi connectivity index (χ4n) is 3.38. The van der Waals surface area contributed by atoms with Gasteiger partial charge in [-0.15, -0.1) is 0 Å². The van der Waals surface area contributed by atoms with E-state index in [2.05, 4.69) is 29.2 Å². The van der Waals surface area contributed by atoms with Gasteiger partial charge < -0.3 is 10.6 Å². The predicted molar refractivity (Wildman–Crippen MR) is 67.7 cm³/mol. The molecule has 1 aromatic rings. The maximum Gasteiger partial charge on any atom is 0.0401 e. The number of para-hydroxylation sites is 1. The molecule has 0 aromatic heterocycles. The number of benzene rings is 1. The van der Waals surface area contributed by atoms with Crippen molar-refractivity contribution in [3.05, 3.63) is 29.8 Å². The first-order chi connectivity index (χ1) is 7.88. The molecule has 0 spiro atoms. The van der Waals surface area contributed by atoms with Crippen LogP contribution in [0.5, 0.6) is 0 Å². The molecule has 1 aliphatic carbocycles. The number of nitrogens with zero attached hydrogens (tertiary/aromatic N) is 1. The normalized spacial score (nSPS) is 27.7. The molecule has 2 bridgehead atoms. The number of nitrogens with two attached hydrogens (primary N) is 1. The Bertz CT molecular complexity index is 375. The molecule has 2 nitrogen and oxygen atoms in total. The van der Waals surface area contributed by atoms with E-state index in [1.807, 2.05) is 0 Å². The van der Waals surface area contributed by atoms with Crippen LogP contribution in [0.15, 0.2) is 24.3 Å². The highest BCUT2D eigenvalue weighted by atomic mass is 15.2. The van der Waals surface area contributed by atoms with E-state index in [1.165, 1.54) is 37.1 Å². The van der Waals surface area contributed by atoms with Crippen molar-refractivity contribution in [3.63, 3.8) is 0 Å². The van der Waals surface area contributed by atoms with E-state index in [9.17, 15) is 0 Å². The lowest BCUT2D eigenvalue weighted by atomic mass is 10.1. The average Bonchev–Trinajstić information content (AvgIpc) is 2.92. The summed E-state index contributed by atoms with van der Waals surface area (Å²) in [5.41, 5.74) is 8.56. The van der Waals surface area contributed by atoms with Crippen molar-refractivity contribution in [1.82, 2.24) is 0 Å². The Kier molecular flexibility index (Phi) is 2.60. The van der Waals surface area contributed by atoms with Crippen LogP contribution in [-0.4, -0.2) is 19.1 Å². The van der Waals surface area contributed by atoms with E-state index < -0.39 is 0 Å². The van der Waals surface area contributed by atoms with Gasteiger partial charge in [-0.2, -0.15) is 0 Å². The van der Waals surface area contributed by atoms with Gasteiger partial charge in [0.15, 0.2) is 0 Å². The Labute approximate surface area is 97.4 Å². The molecule has 2 aliphatic rings. The van der Waals surface area contributed by atoms with E-state index in [4.69, 9.17) is 5.73 Å². The van der Waals surface area contributed by atoms with Gasteiger partial charge in [0, 0.05) is 18.3 Å². The molecule has 0 radical (unpaired) electrons. The molecule has 0 amide bonds. The largest absolute Gasteiger partial charge is 0.368 e. The van der Waals surface area contributed by atoms with Crippen molar-refractivity contribution < 1.29 is 0 Å². The van der Waals surface area contributed by atoms with Gasteiger partial charge in [0.05, 0.1) is 0 Å². The summed E-state index contributed by atoms with van der Waals surface area (Å²) in [6.45, 7) is 2.02. The van der Waals surface area contributed by atoms with Crippen LogP contribution in [0.4, 0.5) is 5.69 Å². The standard InChI is InChI=1S/C14H20N2/c15-8-7-12-3-1-2-4-14(12)16-10-11-5-6-13(16)9-11/h1-4,11,13H,5-10,15H2. The molecule has 16 heavy (non-hydrogen) atoms. The second kappa shape index (κ2) is 4.10. The smallest absolute Gasteiger partial charge is 0.0401 e. The van der Waals surface area contributed by atoms with Crippen LogP contribution in [0.25, 0.3) is 0 Å². The minimum Gasteiger partial charge on any atom is -0.368 e. The van der Waals surface area contributed by atoms with Gasteiger partial charge in [-0.25, -0.2) is 0 Å². The van der Waals surface area contributed by atoms with Crippen molar-refractivity contribution in [2.24, 2.45) is 11.7 Å². The van der Waals surface area contributed by atoms with Crippen molar-refractivity contribution in [1.29, 1.82) is 0 Å². The minimum absolute atomic E-state index is 0.749. The topological polar surface area (TPSA) is 29.3 Å². The summed E-state index contributed by atoms with van der Waals surface area (Å²) in [5.74, 6) is 0.955. The lowest BCUT2D eigenvalue weighted by molar-refractivity contribution is 0.552. The zero-order valence-corrected chi connectivity index (χ0v) is 9.73. The molecular weight excluding hydrogens is 196 g/mol. The highest BCUT2D eigenvalue weighted by molar-refractivity contribution is 5.56. The quantitative estimate of drug-likeness (QED) is 0.839. The summed E-state index contributed by atoms with van der Waals surface area (Å²) in [4.78, 5) is 2.62. The first-order valence-corrected chi connectivity index (χ1v) is 6.43. The molecule has 1 saturated carbocycles. The second-order valence-corrected chi connectivity index (χ2v) is 5.15. The Morgan fingerprint density at radius 3 is 2.81 bits per heavy atom. The van der Waals surface area contributed by atoms with Gasteiger partial charge in [0.25, 0.3) is 0 Å². The van der Waals surface area contributed by atoms with E-state index in [1.54, 1.807) is 0 Å². The molecule has 2 N–H and O–H groups in total. The number of rotatable bonds is 3. The highest BCUT2D eigenvalue weighted by Crippen LogP contribution is 2.41. The molecule has 86 valence electrons. The summed E-state index contributed by atoms with van der Waals surface area (Å²) < 4.78 is 0. The van der Waals surface area contributed by atoms with E-state index in [-0.39, 0.29) is 0 Å². The third-order valence-corrected chi connectivity index (χ3v) is 4.12. The Morgan fingerprint density at radius 2 is 2.12 bits per heavy atom. The van der Waals surface area contributed by atoms with Crippen LogP contribution < -0.4 is 10.6 Å². The SMILES string of the molecule is NCCc1ccccc1N1CC2CCC1C2. The molecule has 1 aromatic carbocycles. The molecule has 2 heteroatoms. The molecule has 2 atom stereocenters. The molecule has 3 rings (SSSR count). The summed E-state index contributed by atoms with van der Waals surface area (Å²) >= 11 is 0. The monoisotopic (exact) mass is 216 g/mol. The highest BCUT2D eigenvalue weighted by Gasteiger charge is 2.38. The Hall–Kier alpha value is -1.02. The van der Waals surface area contributed by atoms with Crippen LogP contribution in [0, 0.1) is 5.92 Å². The Balaban J connectivity index is 1.88. The van der Waals surface area contributed by atoms with Gasteiger partial charge in [-0.05, 0) is 49.8 Å². The summed E-state index contributed by atoms with van der Waals surface area (Å²) in [5, 5.41) is 0. The lowest BCUT2D eigenvalue weighted by Gasteiger charge is -2.31. The van der Waals surface area contributed by atoms with E-state index >= 15 is 0 Å². The number of hydrogen-bond donors (Lipinski definition) is 1. The average molecular weight is 216 g/mol. The number of piperidine rings is 1. The molecule has 2 unspecified atom stereocenters. The molecule has 2 fully saturated rings. The predicted octanol–water partition coefficient (Wildman–Crippen LogP) is 2.18. The lowest BCUT2D eigenvalue weighted by Crippen LogP contribution is -2.32. The maximum absolute atomic E-state index is 5.69. The maximum atomic E-state index is 5.69. The van der Waals surface area contributed by atoms with Gasteiger partial charge in [0.2, 0.25) is 0 Å². The van der Waals surface area contributed by atoms with E-state index in [0.717, 1.165) is 24.9 Å². The van der Waals surface area contributed by atoms with Gasteiger partial charge in [-0.3, -0.25) is 0 Å². The van der Waals surface area contributed by atoms with Crippen LogP contribution in [-0.2, 0) is 6.42 Å². The van der Waals surface area contributed by atoms with Crippen molar-refractivity contribution in [2.45, 2.75) is 31.7 Å². The zero-order chi connectivity index (χ0) is 11.0. The van der Waals surface area contributed by atoms with Crippen LogP contribution in [0.2, 0.25) is 0 Å². The summed E-state index contributed by atoms with van der Waals surface area (Å²) in [6, 6.07) is 9.59. The van der Waals surface area contributed by atoms with E-state index in [0.29, 0.717) is 0 Å². The van der Waals surface area contributed by atoms with Crippen LogP contribution in [0.1, 0.15) is 24.8 Å². The first-order valence-electron chi connectivity index (χ1n) is 6.43. The molecule has 1 heterocycles. The fourth-order valence-corrected chi connectivity index (χ4v) is 3.38. The second-order valence-electron chi connectivity index (χ2n) is 5.15. The van der Waals surface area contributed by atoms with Gasteiger partial charge in [0.1, 0.15) is 0 Å². The fraction of sp³-hybridized carbons (Fsp3) is 0.571.